The van der Waals surface area contributed by atoms with E-state index in [0.29, 0.717) is 5.82 Å². The highest BCUT2D eigenvalue weighted by Gasteiger charge is 2.09. The monoisotopic (exact) mass is 228 g/mol. The standard InChI is InChI=1S/C9H16N4OS/c1-3-6(4-15-2)13-8-7(10)9(14)12-5-11-8/h5-6H,3-4,10H2,1-2H3,(H2,11,12,13,14). The summed E-state index contributed by atoms with van der Waals surface area (Å²) < 4.78 is 0. The lowest BCUT2D eigenvalue weighted by Crippen LogP contribution is -2.25. The van der Waals surface area contributed by atoms with Gasteiger partial charge in [-0.2, -0.15) is 11.8 Å². The summed E-state index contributed by atoms with van der Waals surface area (Å²) in [6.45, 7) is 2.08. The lowest BCUT2D eigenvalue weighted by molar-refractivity contribution is 0.769. The molecule has 0 saturated carbocycles. The van der Waals surface area contributed by atoms with Crippen LogP contribution in [0.4, 0.5) is 11.5 Å². The van der Waals surface area contributed by atoms with E-state index in [9.17, 15) is 4.79 Å². The number of aromatic amines is 1. The molecule has 6 heteroatoms. The molecule has 1 aromatic heterocycles. The van der Waals surface area contributed by atoms with Gasteiger partial charge in [-0.15, -0.1) is 0 Å². The minimum absolute atomic E-state index is 0.150. The van der Waals surface area contributed by atoms with Gasteiger partial charge in [-0.3, -0.25) is 4.79 Å². The van der Waals surface area contributed by atoms with Gasteiger partial charge in [-0.1, -0.05) is 6.92 Å². The lowest BCUT2D eigenvalue weighted by atomic mass is 10.2. The Balaban J connectivity index is 2.79. The Morgan fingerprint density at radius 3 is 3.07 bits per heavy atom. The number of nitrogens with one attached hydrogen (secondary N) is 2. The van der Waals surface area contributed by atoms with E-state index in [2.05, 4.69) is 22.2 Å². The highest BCUT2D eigenvalue weighted by molar-refractivity contribution is 7.98. The molecule has 0 fully saturated rings. The van der Waals surface area contributed by atoms with Gasteiger partial charge >= 0.3 is 0 Å². The summed E-state index contributed by atoms with van der Waals surface area (Å²) in [6, 6.07) is 0.289. The Morgan fingerprint density at radius 2 is 2.47 bits per heavy atom. The Labute approximate surface area is 92.9 Å². The average molecular weight is 228 g/mol. The molecule has 0 radical (unpaired) electrons. The molecule has 0 aliphatic carbocycles. The normalized spacial score (nSPS) is 12.4. The Morgan fingerprint density at radius 1 is 1.73 bits per heavy atom. The van der Waals surface area contributed by atoms with Crippen LogP contribution in [0, 0.1) is 0 Å². The molecule has 0 aromatic carbocycles. The zero-order valence-electron chi connectivity index (χ0n) is 8.91. The molecular formula is C9H16N4OS. The van der Waals surface area contributed by atoms with Crippen molar-refractivity contribution in [1.82, 2.24) is 9.97 Å². The van der Waals surface area contributed by atoms with Gasteiger partial charge in [-0.05, 0) is 12.7 Å². The van der Waals surface area contributed by atoms with Crippen molar-refractivity contribution in [2.75, 3.05) is 23.1 Å². The van der Waals surface area contributed by atoms with Crippen LogP contribution < -0.4 is 16.6 Å². The molecule has 84 valence electrons. The number of rotatable bonds is 5. The number of nitrogen functional groups attached to an aromatic ring is 1. The van der Waals surface area contributed by atoms with E-state index in [1.54, 1.807) is 11.8 Å². The van der Waals surface area contributed by atoms with Crippen molar-refractivity contribution in [1.29, 1.82) is 0 Å². The van der Waals surface area contributed by atoms with Gasteiger partial charge in [0.25, 0.3) is 5.56 Å². The van der Waals surface area contributed by atoms with Crippen molar-refractivity contribution >= 4 is 23.3 Å². The van der Waals surface area contributed by atoms with Crippen molar-refractivity contribution in [3.05, 3.63) is 16.7 Å². The fourth-order valence-electron chi connectivity index (χ4n) is 1.18. The molecule has 5 nitrogen and oxygen atoms in total. The number of hydrogen-bond acceptors (Lipinski definition) is 5. The van der Waals surface area contributed by atoms with Crippen LogP contribution in [0.5, 0.6) is 0 Å². The third kappa shape index (κ3) is 3.16. The van der Waals surface area contributed by atoms with Crippen molar-refractivity contribution in [3.63, 3.8) is 0 Å². The molecule has 1 aromatic rings. The first kappa shape index (κ1) is 11.9. The predicted molar refractivity (Wildman–Crippen MR) is 65.4 cm³/mol. The number of aromatic nitrogens is 2. The third-order valence-corrected chi connectivity index (χ3v) is 2.83. The fraction of sp³-hybridized carbons (Fsp3) is 0.556. The largest absolute Gasteiger partial charge is 0.391 e. The van der Waals surface area contributed by atoms with E-state index in [-0.39, 0.29) is 17.3 Å². The third-order valence-electron chi connectivity index (χ3n) is 2.09. The Hall–Kier alpha value is -1.17. The summed E-state index contributed by atoms with van der Waals surface area (Å²) in [7, 11) is 0. The number of thioether (sulfide) groups is 1. The van der Waals surface area contributed by atoms with E-state index < -0.39 is 0 Å². The molecule has 1 unspecified atom stereocenters. The van der Waals surface area contributed by atoms with Gasteiger partial charge in [0.05, 0.1) is 6.33 Å². The molecule has 0 bridgehead atoms. The van der Waals surface area contributed by atoms with Crippen molar-refractivity contribution in [3.8, 4) is 0 Å². The zero-order valence-corrected chi connectivity index (χ0v) is 9.73. The minimum Gasteiger partial charge on any atom is -0.391 e. The Bertz CT molecular complexity index is 365. The second-order valence-corrected chi connectivity index (χ2v) is 4.11. The number of H-pyrrole nitrogens is 1. The lowest BCUT2D eigenvalue weighted by Gasteiger charge is -2.16. The number of anilines is 2. The van der Waals surface area contributed by atoms with Gasteiger partial charge in [-0.25, -0.2) is 4.98 Å². The molecule has 0 aliphatic rings. The highest BCUT2D eigenvalue weighted by atomic mass is 32.2. The van der Waals surface area contributed by atoms with Crippen molar-refractivity contribution in [2.45, 2.75) is 19.4 Å². The van der Waals surface area contributed by atoms with E-state index in [4.69, 9.17) is 5.73 Å². The first-order chi connectivity index (χ1) is 7.19. The summed E-state index contributed by atoms with van der Waals surface area (Å²) in [5, 5.41) is 3.16. The SMILES string of the molecule is CCC(CSC)Nc1nc[nH]c(=O)c1N. The van der Waals surface area contributed by atoms with Gasteiger partial charge in [0.15, 0.2) is 5.82 Å². The number of nitrogens with zero attached hydrogens (tertiary/aromatic N) is 1. The van der Waals surface area contributed by atoms with Crippen LogP contribution in [0.1, 0.15) is 13.3 Å². The van der Waals surface area contributed by atoms with Gasteiger partial charge in [0.1, 0.15) is 5.69 Å². The first-order valence-corrected chi connectivity index (χ1v) is 6.17. The molecule has 1 atom stereocenters. The quantitative estimate of drug-likeness (QED) is 0.697. The topological polar surface area (TPSA) is 83.8 Å². The molecule has 15 heavy (non-hydrogen) atoms. The minimum atomic E-state index is -0.300. The van der Waals surface area contributed by atoms with Crippen LogP contribution >= 0.6 is 11.8 Å². The second kappa shape index (κ2) is 5.65. The maximum absolute atomic E-state index is 11.2. The smallest absolute Gasteiger partial charge is 0.276 e. The second-order valence-electron chi connectivity index (χ2n) is 3.20. The number of nitrogens with two attached hydrogens (primary N) is 1. The maximum atomic E-state index is 11.2. The number of hydrogen-bond donors (Lipinski definition) is 3. The highest BCUT2D eigenvalue weighted by Crippen LogP contribution is 2.12. The fourth-order valence-corrected chi connectivity index (χ4v) is 1.90. The molecule has 0 aliphatic heterocycles. The predicted octanol–water partition coefficient (Wildman–Crippen LogP) is 0.906. The van der Waals surface area contributed by atoms with E-state index >= 15 is 0 Å². The van der Waals surface area contributed by atoms with Crippen LogP contribution in [0.3, 0.4) is 0 Å². The van der Waals surface area contributed by atoms with Gasteiger partial charge in [0, 0.05) is 11.8 Å². The van der Waals surface area contributed by atoms with Crippen LogP contribution in [0.25, 0.3) is 0 Å². The van der Waals surface area contributed by atoms with Crippen molar-refractivity contribution < 1.29 is 0 Å². The van der Waals surface area contributed by atoms with Crippen LogP contribution in [-0.4, -0.2) is 28.0 Å². The Kier molecular flexibility index (Phi) is 4.48. The van der Waals surface area contributed by atoms with Crippen LogP contribution in [-0.2, 0) is 0 Å². The molecule has 0 spiro atoms. The first-order valence-electron chi connectivity index (χ1n) is 4.77. The molecule has 4 N–H and O–H groups in total. The summed E-state index contributed by atoms with van der Waals surface area (Å²) in [5.41, 5.74) is 5.46. The zero-order chi connectivity index (χ0) is 11.3. The summed E-state index contributed by atoms with van der Waals surface area (Å²) in [4.78, 5) is 17.6. The summed E-state index contributed by atoms with van der Waals surface area (Å²) in [5.74, 6) is 1.43. The molecule has 0 saturated heterocycles. The van der Waals surface area contributed by atoms with Gasteiger partial charge in [0.2, 0.25) is 0 Å². The average Bonchev–Trinajstić information content (AvgIpc) is 2.24. The van der Waals surface area contributed by atoms with Crippen LogP contribution in [0.15, 0.2) is 11.1 Å². The van der Waals surface area contributed by atoms with Gasteiger partial charge < -0.3 is 16.0 Å². The van der Waals surface area contributed by atoms with E-state index in [0.717, 1.165) is 12.2 Å². The van der Waals surface area contributed by atoms with Crippen molar-refractivity contribution in [2.24, 2.45) is 0 Å². The summed E-state index contributed by atoms with van der Waals surface area (Å²) in [6.07, 6.45) is 4.36. The molecule has 0 amide bonds. The summed E-state index contributed by atoms with van der Waals surface area (Å²) >= 11 is 1.75. The van der Waals surface area contributed by atoms with E-state index in [1.165, 1.54) is 6.33 Å². The maximum Gasteiger partial charge on any atom is 0.276 e. The molecular weight excluding hydrogens is 212 g/mol. The van der Waals surface area contributed by atoms with E-state index in [1.807, 2.05) is 6.26 Å². The molecule has 1 rings (SSSR count). The molecule has 1 heterocycles. The van der Waals surface area contributed by atoms with Crippen LogP contribution in [0.2, 0.25) is 0 Å².